The van der Waals surface area contributed by atoms with Crippen molar-refractivity contribution in [3.05, 3.63) is 59.9 Å². The van der Waals surface area contributed by atoms with E-state index in [4.69, 9.17) is 4.74 Å². The molecule has 30 heavy (non-hydrogen) atoms. The van der Waals surface area contributed by atoms with Crippen LogP contribution in [0.15, 0.2) is 48.5 Å². The summed E-state index contributed by atoms with van der Waals surface area (Å²) in [7, 11) is -3.63. The molecular weight excluding hydrogens is 407 g/mol. The van der Waals surface area contributed by atoms with Crippen molar-refractivity contribution in [1.29, 1.82) is 0 Å². The fraction of sp³-hybridized carbons (Fsp3) is 0.409. The lowest BCUT2D eigenvalue weighted by atomic mass is 9.97. The molecule has 0 aromatic heterocycles. The van der Waals surface area contributed by atoms with E-state index < -0.39 is 15.8 Å². The summed E-state index contributed by atoms with van der Waals surface area (Å²) < 4.78 is 46.0. The van der Waals surface area contributed by atoms with Gasteiger partial charge in [0.25, 0.3) is 0 Å². The zero-order valence-electron chi connectivity index (χ0n) is 17.2. The molecule has 1 aliphatic rings. The van der Waals surface area contributed by atoms with Crippen LogP contribution in [0.4, 0.5) is 10.1 Å². The minimum atomic E-state index is -3.63. The van der Waals surface area contributed by atoms with Crippen molar-refractivity contribution in [2.45, 2.75) is 38.5 Å². The van der Waals surface area contributed by atoms with Gasteiger partial charge in [-0.25, -0.2) is 17.1 Å². The standard InChI is InChI=1S/C22H27FN2O4S/c1-16(2)29-20-9-7-19(8-10-20)24-22(26)17-11-13-25(14-12-17)30(27,28)15-18-5-3-4-6-21(18)23/h3-10,16-17H,11-15H2,1-2H3,(H,24,26). The molecule has 0 bridgehead atoms. The van der Waals surface area contributed by atoms with E-state index in [9.17, 15) is 17.6 Å². The first-order chi connectivity index (χ1) is 14.2. The molecule has 3 rings (SSSR count). The first kappa shape index (κ1) is 22.2. The van der Waals surface area contributed by atoms with E-state index in [1.54, 1.807) is 30.3 Å². The fourth-order valence-electron chi connectivity index (χ4n) is 3.43. The van der Waals surface area contributed by atoms with Crippen molar-refractivity contribution < 1.29 is 22.3 Å². The smallest absolute Gasteiger partial charge is 0.227 e. The Hall–Kier alpha value is -2.45. The molecule has 1 fully saturated rings. The summed E-state index contributed by atoms with van der Waals surface area (Å²) in [6, 6.07) is 13.0. The molecule has 1 saturated heterocycles. The van der Waals surface area contributed by atoms with Crippen LogP contribution in [0.3, 0.4) is 0 Å². The number of ether oxygens (including phenoxy) is 1. The van der Waals surface area contributed by atoms with Crippen LogP contribution in [-0.4, -0.2) is 37.8 Å². The zero-order chi connectivity index (χ0) is 21.7. The Morgan fingerprint density at radius 2 is 1.77 bits per heavy atom. The van der Waals surface area contributed by atoms with Crippen LogP contribution in [0.25, 0.3) is 0 Å². The molecular formula is C22H27FN2O4S. The lowest BCUT2D eigenvalue weighted by molar-refractivity contribution is -0.120. The van der Waals surface area contributed by atoms with E-state index in [2.05, 4.69) is 5.32 Å². The van der Waals surface area contributed by atoms with Gasteiger partial charge in [-0.1, -0.05) is 18.2 Å². The number of hydrogen-bond acceptors (Lipinski definition) is 4. The molecule has 0 radical (unpaired) electrons. The number of hydrogen-bond donors (Lipinski definition) is 1. The number of anilines is 1. The molecule has 1 N–H and O–H groups in total. The normalized spacial score (nSPS) is 15.9. The van der Waals surface area contributed by atoms with Gasteiger partial charge in [0.15, 0.2) is 0 Å². The number of sulfonamides is 1. The third-order valence-electron chi connectivity index (χ3n) is 5.01. The highest BCUT2D eigenvalue weighted by Gasteiger charge is 2.31. The number of nitrogens with one attached hydrogen (secondary N) is 1. The Morgan fingerprint density at radius 1 is 1.13 bits per heavy atom. The molecule has 2 aromatic rings. The molecule has 162 valence electrons. The lowest BCUT2D eigenvalue weighted by Crippen LogP contribution is -2.42. The van der Waals surface area contributed by atoms with Crippen LogP contribution >= 0.6 is 0 Å². The fourth-order valence-corrected chi connectivity index (χ4v) is 5.01. The molecule has 1 aliphatic heterocycles. The summed E-state index contributed by atoms with van der Waals surface area (Å²) in [6.07, 6.45) is 0.929. The number of carbonyl (C=O) groups is 1. The van der Waals surface area contributed by atoms with Gasteiger partial charge in [0.05, 0.1) is 11.9 Å². The third-order valence-corrected chi connectivity index (χ3v) is 6.84. The third kappa shape index (κ3) is 5.79. The van der Waals surface area contributed by atoms with Gasteiger partial charge < -0.3 is 10.1 Å². The number of halogens is 1. The first-order valence-electron chi connectivity index (χ1n) is 10.0. The molecule has 0 atom stereocenters. The molecule has 8 heteroatoms. The van der Waals surface area contributed by atoms with Gasteiger partial charge in [-0.3, -0.25) is 4.79 Å². The van der Waals surface area contributed by atoms with Crippen LogP contribution in [-0.2, 0) is 20.6 Å². The summed E-state index contributed by atoms with van der Waals surface area (Å²) in [5.74, 6) is -0.562. The Bertz CT molecular complexity index is 969. The maximum atomic E-state index is 13.8. The second-order valence-electron chi connectivity index (χ2n) is 7.70. The minimum Gasteiger partial charge on any atom is -0.491 e. The van der Waals surface area contributed by atoms with Crippen molar-refractivity contribution in [2.24, 2.45) is 5.92 Å². The lowest BCUT2D eigenvalue weighted by Gasteiger charge is -2.30. The van der Waals surface area contributed by atoms with Gasteiger partial charge in [-0.05, 0) is 57.0 Å². The van der Waals surface area contributed by atoms with Crippen LogP contribution in [0.2, 0.25) is 0 Å². The van der Waals surface area contributed by atoms with Crippen LogP contribution in [0.1, 0.15) is 32.3 Å². The summed E-state index contributed by atoms with van der Waals surface area (Å²) in [5, 5.41) is 2.88. The quantitative estimate of drug-likeness (QED) is 0.719. The molecule has 0 spiro atoms. The summed E-state index contributed by atoms with van der Waals surface area (Å²) in [4.78, 5) is 12.6. The number of rotatable bonds is 7. The van der Waals surface area contributed by atoms with E-state index in [-0.39, 0.29) is 42.3 Å². The maximum Gasteiger partial charge on any atom is 0.227 e. The van der Waals surface area contributed by atoms with Crippen molar-refractivity contribution in [1.82, 2.24) is 4.31 Å². The topological polar surface area (TPSA) is 75.7 Å². The monoisotopic (exact) mass is 434 g/mol. The predicted octanol–water partition coefficient (Wildman–Crippen LogP) is 3.79. The van der Waals surface area contributed by atoms with Crippen LogP contribution in [0.5, 0.6) is 5.75 Å². The van der Waals surface area contributed by atoms with Crippen molar-refractivity contribution in [3.63, 3.8) is 0 Å². The maximum absolute atomic E-state index is 13.8. The molecule has 0 saturated carbocycles. The predicted molar refractivity (Wildman–Crippen MR) is 114 cm³/mol. The van der Waals surface area contributed by atoms with E-state index in [0.29, 0.717) is 18.5 Å². The molecule has 2 aromatic carbocycles. The first-order valence-corrected chi connectivity index (χ1v) is 11.6. The van der Waals surface area contributed by atoms with Gasteiger partial charge >= 0.3 is 0 Å². The summed E-state index contributed by atoms with van der Waals surface area (Å²) in [6.45, 7) is 4.38. The Morgan fingerprint density at radius 3 is 2.37 bits per heavy atom. The van der Waals surface area contributed by atoms with Gasteiger partial charge in [0, 0.05) is 30.3 Å². The van der Waals surface area contributed by atoms with Gasteiger partial charge in [0.1, 0.15) is 11.6 Å². The van der Waals surface area contributed by atoms with Gasteiger partial charge in [-0.2, -0.15) is 0 Å². The second kappa shape index (κ2) is 9.57. The number of carbonyl (C=O) groups excluding carboxylic acids is 1. The summed E-state index contributed by atoms with van der Waals surface area (Å²) >= 11 is 0. The average Bonchev–Trinajstić information content (AvgIpc) is 2.71. The SMILES string of the molecule is CC(C)Oc1ccc(NC(=O)C2CCN(S(=O)(=O)Cc3ccccc3F)CC2)cc1. The molecule has 0 unspecified atom stereocenters. The Kier molecular flexibility index (Phi) is 7.10. The Labute approximate surface area is 177 Å². The average molecular weight is 435 g/mol. The van der Waals surface area contributed by atoms with Gasteiger partial charge in [0.2, 0.25) is 15.9 Å². The minimum absolute atomic E-state index is 0.0743. The highest BCUT2D eigenvalue weighted by atomic mass is 32.2. The molecule has 0 aliphatic carbocycles. The second-order valence-corrected chi connectivity index (χ2v) is 9.67. The van der Waals surface area contributed by atoms with Gasteiger partial charge in [-0.15, -0.1) is 0 Å². The molecule has 1 amide bonds. The number of benzene rings is 2. The van der Waals surface area contributed by atoms with Crippen molar-refractivity contribution in [2.75, 3.05) is 18.4 Å². The van der Waals surface area contributed by atoms with Crippen molar-refractivity contribution >= 4 is 21.6 Å². The molecule has 6 nitrogen and oxygen atoms in total. The van der Waals surface area contributed by atoms with E-state index in [0.717, 1.165) is 5.75 Å². The highest BCUT2D eigenvalue weighted by Crippen LogP contribution is 2.24. The molecule has 1 heterocycles. The number of amides is 1. The van der Waals surface area contributed by atoms with Crippen LogP contribution < -0.4 is 10.1 Å². The largest absolute Gasteiger partial charge is 0.491 e. The van der Waals surface area contributed by atoms with E-state index in [1.807, 2.05) is 13.8 Å². The zero-order valence-corrected chi connectivity index (χ0v) is 18.0. The van der Waals surface area contributed by atoms with E-state index in [1.165, 1.54) is 22.5 Å². The van der Waals surface area contributed by atoms with Crippen LogP contribution in [0, 0.1) is 11.7 Å². The Balaban J connectivity index is 1.53. The summed E-state index contributed by atoms with van der Waals surface area (Å²) in [5.41, 5.74) is 0.827. The van der Waals surface area contributed by atoms with Crippen molar-refractivity contribution in [3.8, 4) is 5.75 Å². The number of piperidine rings is 1. The number of nitrogens with zero attached hydrogens (tertiary/aromatic N) is 1. The van der Waals surface area contributed by atoms with E-state index >= 15 is 0 Å². The highest BCUT2D eigenvalue weighted by molar-refractivity contribution is 7.88.